The maximum absolute atomic E-state index is 13.0. The molecule has 2 heterocycles. The zero-order valence-electron chi connectivity index (χ0n) is 10.1. The molecule has 20 heavy (non-hydrogen) atoms. The Hall–Kier alpha value is -1.26. The summed E-state index contributed by atoms with van der Waals surface area (Å²) in [4.78, 5) is 15.1. The van der Waals surface area contributed by atoms with Gasteiger partial charge in [0.1, 0.15) is 24.7 Å². The van der Waals surface area contributed by atoms with Crippen LogP contribution in [-0.2, 0) is 4.74 Å². The number of nitrogens with two attached hydrogens (primary N) is 1. The highest BCUT2D eigenvalue weighted by Gasteiger charge is 2.55. The molecule has 0 spiro atoms. The summed E-state index contributed by atoms with van der Waals surface area (Å²) in [6, 6.07) is 0. The third-order valence-electron chi connectivity index (χ3n) is 3.21. The maximum Gasteiger partial charge on any atom is 0.351 e. The highest BCUT2D eigenvalue weighted by Crippen LogP contribution is 2.37. The molecule has 0 radical (unpaired) electrons. The van der Waals surface area contributed by atoms with E-state index in [0.29, 0.717) is 0 Å². The van der Waals surface area contributed by atoms with E-state index in [1.807, 2.05) is 0 Å². The number of nitrogens with zero attached hydrogens (tertiary/aromatic N) is 2. The first kappa shape index (κ1) is 15.1. The van der Waals surface area contributed by atoms with Gasteiger partial charge in [-0.1, -0.05) is 11.6 Å². The first-order valence-corrected chi connectivity index (χ1v) is 5.99. The summed E-state index contributed by atoms with van der Waals surface area (Å²) in [5.41, 5.74) is 2.45. The zero-order valence-corrected chi connectivity index (χ0v) is 10.9. The van der Waals surface area contributed by atoms with Crippen LogP contribution in [-0.4, -0.2) is 56.0 Å². The fourth-order valence-corrected chi connectivity index (χ4v) is 2.14. The third kappa shape index (κ3) is 2.17. The number of hydrogen-bond acceptors (Lipinski definition) is 7. The molecule has 1 aromatic rings. The van der Waals surface area contributed by atoms with Crippen molar-refractivity contribution in [3.63, 3.8) is 0 Å². The standard InChI is InChI=1S/C10H13ClFN3O5/c11-4-1-15(9(19)14-7(4)13)8-5(17)6(18)10(2-12,3-16)20-8/h1,5-6,8,16-18H,2-3H2,(H2,13,14,19)/t5-,6-,8+,10+/m0/s1. The third-order valence-corrected chi connectivity index (χ3v) is 3.50. The lowest BCUT2D eigenvalue weighted by Crippen LogP contribution is -2.48. The van der Waals surface area contributed by atoms with Crippen LogP contribution < -0.4 is 11.4 Å². The second-order valence-corrected chi connectivity index (χ2v) is 4.87. The van der Waals surface area contributed by atoms with Gasteiger partial charge in [0.15, 0.2) is 11.8 Å². The number of alkyl halides is 1. The van der Waals surface area contributed by atoms with Crippen molar-refractivity contribution in [2.75, 3.05) is 19.0 Å². The van der Waals surface area contributed by atoms with Crippen LogP contribution in [0.2, 0.25) is 5.02 Å². The largest absolute Gasteiger partial charge is 0.393 e. The number of rotatable bonds is 3. The van der Waals surface area contributed by atoms with Crippen molar-refractivity contribution in [3.05, 3.63) is 21.7 Å². The molecule has 2 rings (SSSR count). The number of halogens is 2. The van der Waals surface area contributed by atoms with Crippen molar-refractivity contribution in [2.24, 2.45) is 0 Å². The van der Waals surface area contributed by atoms with E-state index in [9.17, 15) is 19.4 Å². The van der Waals surface area contributed by atoms with Crippen LogP contribution in [0.5, 0.6) is 0 Å². The van der Waals surface area contributed by atoms with Gasteiger partial charge in [-0.2, -0.15) is 4.98 Å². The van der Waals surface area contributed by atoms with E-state index in [1.165, 1.54) is 0 Å². The van der Waals surface area contributed by atoms with E-state index < -0.39 is 43.0 Å². The van der Waals surface area contributed by atoms with Crippen LogP contribution in [0.25, 0.3) is 0 Å². The van der Waals surface area contributed by atoms with Crippen molar-refractivity contribution in [2.45, 2.75) is 24.0 Å². The van der Waals surface area contributed by atoms with E-state index >= 15 is 0 Å². The molecule has 4 atom stereocenters. The number of nitrogen functional groups attached to an aromatic ring is 1. The Morgan fingerprint density at radius 1 is 1.60 bits per heavy atom. The topological polar surface area (TPSA) is 131 Å². The van der Waals surface area contributed by atoms with Gasteiger partial charge in [-0.3, -0.25) is 4.57 Å². The summed E-state index contributed by atoms with van der Waals surface area (Å²) in [5, 5.41) is 28.7. The lowest BCUT2D eigenvalue weighted by atomic mass is 9.98. The minimum Gasteiger partial charge on any atom is -0.393 e. The smallest absolute Gasteiger partial charge is 0.351 e. The Morgan fingerprint density at radius 2 is 2.25 bits per heavy atom. The van der Waals surface area contributed by atoms with E-state index in [4.69, 9.17) is 27.2 Å². The maximum atomic E-state index is 13.0. The number of aliphatic hydroxyl groups is 3. The number of aliphatic hydroxyl groups excluding tert-OH is 3. The van der Waals surface area contributed by atoms with Gasteiger partial charge in [-0.05, 0) is 0 Å². The number of anilines is 1. The summed E-state index contributed by atoms with van der Waals surface area (Å²) in [5.74, 6) is -0.208. The second-order valence-electron chi connectivity index (χ2n) is 4.46. The SMILES string of the molecule is Nc1nc(=O)n([C@@H]2O[C@@](CO)(CF)[C@@H](O)[C@@H]2O)cc1Cl. The number of aromatic nitrogens is 2. The normalized spacial score (nSPS) is 33.5. The van der Waals surface area contributed by atoms with Crippen LogP contribution in [0, 0.1) is 0 Å². The lowest BCUT2D eigenvalue weighted by molar-refractivity contribution is -0.138. The van der Waals surface area contributed by atoms with Gasteiger partial charge >= 0.3 is 5.69 Å². The average molecular weight is 310 g/mol. The van der Waals surface area contributed by atoms with E-state index in [1.54, 1.807) is 0 Å². The minimum atomic E-state index is -2.00. The second kappa shape index (κ2) is 5.26. The van der Waals surface area contributed by atoms with Gasteiger partial charge in [-0.25, -0.2) is 9.18 Å². The fraction of sp³-hybridized carbons (Fsp3) is 0.600. The van der Waals surface area contributed by atoms with Gasteiger partial charge in [0.25, 0.3) is 0 Å². The van der Waals surface area contributed by atoms with Crippen LogP contribution in [0.15, 0.2) is 11.0 Å². The zero-order chi connectivity index (χ0) is 15.1. The predicted octanol–water partition coefficient (Wildman–Crippen LogP) is -1.57. The highest BCUT2D eigenvalue weighted by atomic mass is 35.5. The van der Waals surface area contributed by atoms with Crippen LogP contribution in [0.4, 0.5) is 10.2 Å². The summed E-state index contributed by atoms with van der Waals surface area (Å²) in [7, 11) is 0. The summed E-state index contributed by atoms with van der Waals surface area (Å²) < 4.78 is 18.9. The molecule has 8 nitrogen and oxygen atoms in total. The number of hydrogen-bond donors (Lipinski definition) is 4. The van der Waals surface area contributed by atoms with Crippen molar-refractivity contribution >= 4 is 17.4 Å². The molecule has 1 aromatic heterocycles. The van der Waals surface area contributed by atoms with E-state index in [2.05, 4.69) is 4.98 Å². The van der Waals surface area contributed by atoms with Gasteiger partial charge in [0, 0.05) is 6.20 Å². The van der Waals surface area contributed by atoms with E-state index in [0.717, 1.165) is 10.8 Å². The molecule has 0 saturated carbocycles. The lowest BCUT2D eigenvalue weighted by Gasteiger charge is -2.26. The monoisotopic (exact) mass is 309 g/mol. The molecule has 0 bridgehead atoms. The van der Waals surface area contributed by atoms with Crippen LogP contribution in [0.1, 0.15) is 6.23 Å². The molecule has 0 amide bonds. The molecule has 5 N–H and O–H groups in total. The molecule has 1 aliphatic heterocycles. The van der Waals surface area contributed by atoms with Crippen molar-refractivity contribution in [1.82, 2.24) is 9.55 Å². The summed E-state index contributed by atoms with van der Waals surface area (Å²) in [6.07, 6.45) is -3.74. The first-order valence-electron chi connectivity index (χ1n) is 5.61. The van der Waals surface area contributed by atoms with Crippen LogP contribution >= 0.6 is 11.6 Å². The van der Waals surface area contributed by atoms with Gasteiger partial charge < -0.3 is 25.8 Å². The molecular weight excluding hydrogens is 297 g/mol. The molecule has 0 aromatic carbocycles. The predicted molar refractivity (Wildman–Crippen MR) is 65.8 cm³/mol. The van der Waals surface area contributed by atoms with E-state index in [-0.39, 0.29) is 10.8 Å². The van der Waals surface area contributed by atoms with Gasteiger partial charge in [0.05, 0.1) is 11.6 Å². The Morgan fingerprint density at radius 3 is 2.75 bits per heavy atom. The number of ether oxygens (including phenoxy) is 1. The average Bonchev–Trinajstić information content (AvgIpc) is 2.68. The Bertz CT molecular complexity index is 564. The summed E-state index contributed by atoms with van der Waals surface area (Å²) in [6.45, 7) is -2.12. The molecule has 112 valence electrons. The molecule has 0 unspecified atom stereocenters. The van der Waals surface area contributed by atoms with Crippen LogP contribution in [0.3, 0.4) is 0 Å². The summed E-state index contributed by atoms with van der Waals surface area (Å²) >= 11 is 5.72. The molecule has 1 saturated heterocycles. The van der Waals surface area contributed by atoms with Gasteiger partial charge in [-0.15, -0.1) is 0 Å². The Kier molecular flexibility index (Phi) is 3.98. The van der Waals surface area contributed by atoms with Crippen molar-refractivity contribution < 1.29 is 24.4 Å². The molecule has 0 aliphatic carbocycles. The molecule has 1 aliphatic rings. The van der Waals surface area contributed by atoms with Crippen molar-refractivity contribution in [3.8, 4) is 0 Å². The molecule has 1 fully saturated rings. The fourth-order valence-electron chi connectivity index (χ4n) is 1.99. The molecular formula is C10H13ClFN3O5. The highest BCUT2D eigenvalue weighted by molar-refractivity contribution is 6.32. The van der Waals surface area contributed by atoms with Crippen molar-refractivity contribution in [1.29, 1.82) is 0 Å². The van der Waals surface area contributed by atoms with Gasteiger partial charge in [0.2, 0.25) is 0 Å². The molecule has 10 heteroatoms. The Balaban J connectivity index is 2.45. The quantitative estimate of drug-likeness (QED) is 0.530. The first-order chi connectivity index (χ1) is 9.36. The Labute approximate surface area is 117 Å². The minimum absolute atomic E-state index is 0.0726.